The lowest BCUT2D eigenvalue weighted by molar-refractivity contribution is -0.122. The molecule has 0 radical (unpaired) electrons. The van der Waals surface area contributed by atoms with E-state index in [4.69, 9.17) is 11.6 Å². The molecule has 1 amide bonds. The Morgan fingerprint density at radius 3 is 2.42 bits per heavy atom. The number of hydrogen-bond acceptors (Lipinski definition) is 5. The van der Waals surface area contributed by atoms with Crippen LogP contribution in [-0.4, -0.2) is 56.3 Å². The molecule has 1 aromatic carbocycles. The summed E-state index contributed by atoms with van der Waals surface area (Å²) in [5.74, 6) is -0.0745. The van der Waals surface area contributed by atoms with E-state index in [1.165, 1.54) is 15.6 Å². The number of carbonyl (C=O) groups is 1. The second kappa shape index (κ2) is 8.49. The number of benzene rings is 1. The highest BCUT2D eigenvalue weighted by atomic mass is 35.5. The van der Waals surface area contributed by atoms with Gasteiger partial charge in [-0.3, -0.25) is 9.69 Å². The second-order valence-electron chi connectivity index (χ2n) is 6.02. The normalized spacial score (nSPS) is 16.5. The van der Waals surface area contributed by atoms with E-state index in [0.29, 0.717) is 42.0 Å². The Hall–Kier alpha value is -1.45. The number of carbonyl (C=O) groups excluding carboxylic acids is 1. The molecule has 0 atom stereocenters. The van der Waals surface area contributed by atoms with Crippen molar-refractivity contribution in [2.45, 2.75) is 10.8 Å². The third-order valence-electron chi connectivity index (χ3n) is 4.19. The van der Waals surface area contributed by atoms with E-state index < -0.39 is 10.0 Å². The molecule has 0 aliphatic carbocycles. The minimum Gasteiger partial charge on any atom is -0.351 e. The lowest BCUT2D eigenvalue weighted by Gasteiger charge is -2.33. The zero-order chi connectivity index (χ0) is 18.6. The van der Waals surface area contributed by atoms with Crippen LogP contribution in [0.5, 0.6) is 0 Å². The molecular weight excluding hydrogens is 394 g/mol. The van der Waals surface area contributed by atoms with Gasteiger partial charge in [-0.2, -0.15) is 4.31 Å². The van der Waals surface area contributed by atoms with Crippen LogP contribution in [0.3, 0.4) is 0 Å². The summed E-state index contributed by atoms with van der Waals surface area (Å²) in [6.45, 7) is 2.58. The molecule has 0 unspecified atom stereocenters. The van der Waals surface area contributed by atoms with Gasteiger partial charge >= 0.3 is 0 Å². The van der Waals surface area contributed by atoms with Crippen molar-refractivity contribution >= 4 is 38.9 Å². The number of nitrogens with one attached hydrogen (secondary N) is 1. The zero-order valence-electron chi connectivity index (χ0n) is 14.1. The number of hydrogen-bond donors (Lipinski definition) is 1. The molecule has 26 heavy (non-hydrogen) atoms. The van der Waals surface area contributed by atoms with Crippen LogP contribution in [0, 0.1) is 0 Å². The largest absolute Gasteiger partial charge is 0.351 e. The number of sulfonamides is 1. The summed E-state index contributed by atoms with van der Waals surface area (Å²) >= 11 is 7.06. The highest BCUT2D eigenvalue weighted by Crippen LogP contribution is 2.21. The van der Waals surface area contributed by atoms with Crippen LogP contribution in [0.15, 0.2) is 46.0 Å². The lowest BCUT2D eigenvalue weighted by Crippen LogP contribution is -2.50. The molecule has 3 rings (SSSR count). The molecule has 0 spiro atoms. The Morgan fingerprint density at radius 2 is 1.81 bits per heavy atom. The molecule has 0 bridgehead atoms. The highest BCUT2D eigenvalue weighted by Gasteiger charge is 2.29. The molecule has 0 saturated carbocycles. The number of piperazine rings is 1. The fourth-order valence-corrected chi connectivity index (χ4v) is 5.42. The molecule has 1 aromatic heterocycles. The van der Waals surface area contributed by atoms with Crippen molar-refractivity contribution in [2.75, 3.05) is 32.7 Å². The van der Waals surface area contributed by atoms with Crippen LogP contribution < -0.4 is 5.32 Å². The van der Waals surface area contributed by atoms with E-state index in [9.17, 15) is 13.2 Å². The molecule has 1 saturated heterocycles. The Labute approximate surface area is 162 Å². The lowest BCUT2D eigenvalue weighted by atomic mass is 10.2. The minimum absolute atomic E-state index is 0.0745. The molecule has 1 fully saturated rings. The SMILES string of the molecule is O=C(CN1CCN(S(=O)(=O)c2cccs2)CC1)NCc1ccc(Cl)cc1. The van der Waals surface area contributed by atoms with E-state index in [1.807, 2.05) is 17.0 Å². The third kappa shape index (κ3) is 4.83. The average Bonchev–Trinajstić information content (AvgIpc) is 3.17. The van der Waals surface area contributed by atoms with Gasteiger partial charge in [0.15, 0.2) is 0 Å². The molecule has 9 heteroatoms. The van der Waals surface area contributed by atoms with E-state index in [-0.39, 0.29) is 12.5 Å². The first-order chi connectivity index (χ1) is 12.4. The maximum absolute atomic E-state index is 12.5. The van der Waals surface area contributed by atoms with Crippen LogP contribution in [-0.2, 0) is 21.4 Å². The second-order valence-corrected chi connectivity index (χ2v) is 9.56. The predicted octanol–water partition coefficient (Wildman–Crippen LogP) is 2.02. The van der Waals surface area contributed by atoms with Gasteiger partial charge in [0.05, 0.1) is 6.54 Å². The summed E-state index contributed by atoms with van der Waals surface area (Å²) in [5.41, 5.74) is 0.981. The smallest absolute Gasteiger partial charge is 0.252 e. The third-order valence-corrected chi connectivity index (χ3v) is 7.71. The van der Waals surface area contributed by atoms with E-state index in [2.05, 4.69) is 5.32 Å². The van der Waals surface area contributed by atoms with Crippen LogP contribution in [0.2, 0.25) is 5.02 Å². The van der Waals surface area contributed by atoms with Crippen molar-refractivity contribution in [2.24, 2.45) is 0 Å². The number of nitrogens with zero attached hydrogens (tertiary/aromatic N) is 2. The van der Waals surface area contributed by atoms with Crippen LogP contribution >= 0.6 is 22.9 Å². The van der Waals surface area contributed by atoms with Crippen molar-refractivity contribution in [3.8, 4) is 0 Å². The van der Waals surface area contributed by atoms with Gasteiger partial charge in [0.2, 0.25) is 5.91 Å². The summed E-state index contributed by atoms with van der Waals surface area (Å²) in [4.78, 5) is 14.1. The highest BCUT2D eigenvalue weighted by molar-refractivity contribution is 7.91. The van der Waals surface area contributed by atoms with Crippen LogP contribution in [0.4, 0.5) is 0 Å². The van der Waals surface area contributed by atoms with Gasteiger partial charge in [0, 0.05) is 37.7 Å². The summed E-state index contributed by atoms with van der Waals surface area (Å²) in [6.07, 6.45) is 0. The summed E-state index contributed by atoms with van der Waals surface area (Å²) < 4.78 is 26.8. The van der Waals surface area contributed by atoms with Crippen molar-refractivity contribution < 1.29 is 13.2 Å². The molecule has 140 valence electrons. The molecule has 1 aliphatic rings. The molecular formula is C17H20ClN3O3S2. The van der Waals surface area contributed by atoms with Crippen LogP contribution in [0.25, 0.3) is 0 Å². The Morgan fingerprint density at radius 1 is 1.12 bits per heavy atom. The fraction of sp³-hybridized carbons (Fsp3) is 0.353. The minimum atomic E-state index is -3.41. The number of halogens is 1. The van der Waals surface area contributed by atoms with Crippen molar-refractivity contribution in [1.29, 1.82) is 0 Å². The molecule has 1 N–H and O–H groups in total. The fourth-order valence-electron chi connectivity index (χ4n) is 2.73. The van der Waals surface area contributed by atoms with E-state index >= 15 is 0 Å². The first kappa shape index (κ1) is 19.3. The summed E-state index contributed by atoms with van der Waals surface area (Å²) in [5, 5.41) is 5.30. The number of amides is 1. The van der Waals surface area contributed by atoms with E-state index in [0.717, 1.165) is 5.56 Å². The Bertz CT molecular complexity index is 831. The van der Waals surface area contributed by atoms with Gasteiger partial charge in [-0.25, -0.2) is 8.42 Å². The van der Waals surface area contributed by atoms with Gasteiger partial charge in [-0.1, -0.05) is 29.8 Å². The van der Waals surface area contributed by atoms with Gasteiger partial charge in [0.1, 0.15) is 4.21 Å². The predicted molar refractivity (Wildman–Crippen MR) is 103 cm³/mol. The molecule has 2 aromatic rings. The first-order valence-electron chi connectivity index (χ1n) is 8.22. The Balaban J connectivity index is 1.45. The van der Waals surface area contributed by atoms with Gasteiger partial charge in [0.25, 0.3) is 10.0 Å². The zero-order valence-corrected chi connectivity index (χ0v) is 16.5. The van der Waals surface area contributed by atoms with E-state index in [1.54, 1.807) is 29.6 Å². The molecule has 6 nitrogen and oxygen atoms in total. The standard InChI is InChI=1S/C17H20ClN3O3S2/c18-15-5-3-14(4-6-15)12-19-16(22)13-20-7-9-21(10-8-20)26(23,24)17-2-1-11-25-17/h1-6,11H,7-10,12-13H2,(H,19,22). The summed E-state index contributed by atoms with van der Waals surface area (Å²) in [6, 6.07) is 10.7. The molecule has 1 aliphatic heterocycles. The maximum atomic E-state index is 12.5. The maximum Gasteiger partial charge on any atom is 0.252 e. The number of rotatable bonds is 6. The van der Waals surface area contributed by atoms with Gasteiger partial charge in [-0.15, -0.1) is 11.3 Å². The van der Waals surface area contributed by atoms with Gasteiger partial charge in [-0.05, 0) is 29.1 Å². The summed E-state index contributed by atoms with van der Waals surface area (Å²) in [7, 11) is -3.41. The first-order valence-corrected chi connectivity index (χ1v) is 10.9. The van der Waals surface area contributed by atoms with Crippen molar-refractivity contribution in [3.05, 3.63) is 52.4 Å². The van der Waals surface area contributed by atoms with Crippen molar-refractivity contribution in [3.63, 3.8) is 0 Å². The Kier molecular flexibility index (Phi) is 6.31. The quantitative estimate of drug-likeness (QED) is 0.786. The average molecular weight is 414 g/mol. The van der Waals surface area contributed by atoms with Crippen LogP contribution in [0.1, 0.15) is 5.56 Å². The monoisotopic (exact) mass is 413 g/mol. The number of thiophene rings is 1. The van der Waals surface area contributed by atoms with Gasteiger partial charge < -0.3 is 5.32 Å². The topological polar surface area (TPSA) is 69.7 Å². The van der Waals surface area contributed by atoms with Crippen molar-refractivity contribution in [1.82, 2.24) is 14.5 Å². The molecule has 2 heterocycles.